The zero-order valence-corrected chi connectivity index (χ0v) is 9.24. The highest BCUT2D eigenvalue weighted by molar-refractivity contribution is 6.36. The van der Waals surface area contributed by atoms with Crippen LogP contribution in [0.5, 0.6) is 0 Å². The summed E-state index contributed by atoms with van der Waals surface area (Å²) in [5, 5.41) is 6.10. The fourth-order valence-corrected chi connectivity index (χ4v) is 0.863. The highest BCUT2D eigenvalue weighted by Gasteiger charge is 2.10. The molecule has 0 aliphatic heterocycles. The second-order valence-electron chi connectivity index (χ2n) is 2.55. The van der Waals surface area contributed by atoms with Crippen molar-refractivity contribution in [1.82, 2.24) is 10.6 Å². The van der Waals surface area contributed by atoms with Crippen LogP contribution >= 0.6 is 23.2 Å². The van der Waals surface area contributed by atoms with Crippen LogP contribution in [0.25, 0.3) is 0 Å². The predicted octanol–water partition coefficient (Wildman–Crippen LogP) is 1.42. The molecular formula is C8H14Cl2N2O. The molecule has 2 N–H and O–H groups in total. The number of amides is 1. The van der Waals surface area contributed by atoms with Crippen molar-refractivity contribution in [3.63, 3.8) is 0 Å². The van der Waals surface area contributed by atoms with Gasteiger partial charge in [0.15, 0.2) is 0 Å². The standard InChI is InChI=1S/C8H14Cl2N2O/c1-3-11-8(13)6(2)12-5-7(10)4-9/h4,6,12H,3,5H2,1-2H3,(H,11,13). The summed E-state index contributed by atoms with van der Waals surface area (Å²) < 4.78 is 0. The molecule has 0 aliphatic rings. The molecule has 5 heteroatoms. The van der Waals surface area contributed by atoms with Gasteiger partial charge in [-0.05, 0) is 13.8 Å². The third-order valence-electron chi connectivity index (χ3n) is 1.44. The van der Waals surface area contributed by atoms with Gasteiger partial charge in [0.25, 0.3) is 0 Å². The zero-order valence-electron chi connectivity index (χ0n) is 7.73. The molecule has 76 valence electrons. The molecule has 0 bridgehead atoms. The van der Waals surface area contributed by atoms with Crippen LogP contribution in [0, 0.1) is 0 Å². The van der Waals surface area contributed by atoms with Crippen molar-refractivity contribution >= 4 is 29.1 Å². The van der Waals surface area contributed by atoms with E-state index in [2.05, 4.69) is 10.6 Å². The van der Waals surface area contributed by atoms with Gasteiger partial charge >= 0.3 is 0 Å². The van der Waals surface area contributed by atoms with E-state index in [0.29, 0.717) is 18.1 Å². The minimum absolute atomic E-state index is 0.0402. The van der Waals surface area contributed by atoms with E-state index in [0.717, 1.165) is 0 Å². The van der Waals surface area contributed by atoms with Gasteiger partial charge in [-0.2, -0.15) is 0 Å². The van der Waals surface area contributed by atoms with Gasteiger partial charge in [0.1, 0.15) is 0 Å². The summed E-state index contributed by atoms with van der Waals surface area (Å²) in [4.78, 5) is 11.2. The van der Waals surface area contributed by atoms with Crippen molar-refractivity contribution in [1.29, 1.82) is 0 Å². The number of carbonyl (C=O) groups is 1. The first-order chi connectivity index (χ1) is 6.11. The van der Waals surface area contributed by atoms with Gasteiger partial charge in [0.2, 0.25) is 5.91 Å². The van der Waals surface area contributed by atoms with E-state index >= 15 is 0 Å². The first kappa shape index (κ1) is 12.8. The van der Waals surface area contributed by atoms with Gasteiger partial charge in [0.05, 0.1) is 6.04 Å². The van der Waals surface area contributed by atoms with Gasteiger partial charge in [0, 0.05) is 23.7 Å². The van der Waals surface area contributed by atoms with Crippen molar-refractivity contribution in [3.8, 4) is 0 Å². The molecule has 0 heterocycles. The first-order valence-electron chi connectivity index (χ1n) is 4.07. The molecule has 0 saturated heterocycles. The van der Waals surface area contributed by atoms with E-state index < -0.39 is 0 Å². The Hall–Kier alpha value is -0.250. The molecule has 0 aromatic rings. The fraction of sp³-hybridized carbons (Fsp3) is 0.625. The number of rotatable bonds is 5. The Kier molecular flexibility index (Phi) is 7.04. The molecule has 13 heavy (non-hydrogen) atoms. The van der Waals surface area contributed by atoms with Crippen LogP contribution in [0.15, 0.2) is 10.6 Å². The van der Waals surface area contributed by atoms with E-state index in [1.807, 2.05) is 6.92 Å². The SMILES string of the molecule is CCNC(=O)C(C)NCC(Cl)=CCl. The Morgan fingerprint density at radius 3 is 2.69 bits per heavy atom. The van der Waals surface area contributed by atoms with Crippen LogP contribution in [0.3, 0.4) is 0 Å². The molecule has 3 nitrogen and oxygen atoms in total. The fourth-order valence-electron chi connectivity index (χ4n) is 0.709. The molecule has 0 rings (SSSR count). The van der Waals surface area contributed by atoms with E-state index in [1.165, 1.54) is 5.54 Å². The van der Waals surface area contributed by atoms with Gasteiger partial charge in [-0.25, -0.2) is 0 Å². The summed E-state index contributed by atoms with van der Waals surface area (Å²) in [6.07, 6.45) is 0. The van der Waals surface area contributed by atoms with Gasteiger partial charge in [-0.15, -0.1) is 0 Å². The Morgan fingerprint density at radius 1 is 1.62 bits per heavy atom. The topological polar surface area (TPSA) is 41.1 Å². The minimum Gasteiger partial charge on any atom is -0.355 e. The average Bonchev–Trinajstić information content (AvgIpc) is 2.13. The van der Waals surface area contributed by atoms with Crippen molar-refractivity contribution < 1.29 is 4.79 Å². The van der Waals surface area contributed by atoms with Crippen LogP contribution in [-0.2, 0) is 4.79 Å². The molecule has 0 aliphatic carbocycles. The van der Waals surface area contributed by atoms with Crippen LogP contribution in [0.4, 0.5) is 0 Å². The van der Waals surface area contributed by atoms with Crippen LogP contribution < -0.4 is 10.6 Å². The van der Waals surface area contributed by atoms with Crippen molar-refractivity contribution in [3.05, 3.63) is 10.6 Å². The Labute approximate surface area is 88.5 Å². The highest BCUT2D eigenvalue weighted by Crippen LogP contribution is 2.00. The summed E-state index contributed by atoms with van der Waals surface area (Å²) in [5.41, 5.74) is 1.28. The summed E-state index contributed by atoms with van der Waals surface area (Å²) in [6, 6.07) is -0.259. The van der Waals surface area contributed by atoms with Crippen molar-refractivity contribution in [2.45, 2.75) is 19.9 Å². The third kappa shape index (κ3) is 5.91. The first-order valence-corrected chi connectivity index (χ1v) is 4.89. The molecule has 0 fully saturated rings. The molecule has 0 spiro atoms. The molecule has 1 atom stereocenters. The van der Waals surface area contributed by atoms with Crippen LogP contribution in [0.1, 0.15) is 13.8 Å². The largest absolute Gasteiger partial charge is 0.355 e. The van der Waals surface area contributed by atoms with Crippen LogP contribution in [-0.4, -0.2) is 25.0 Å². The van der Waals surface area contributed by atoms with Gasteiger partial charge < -0.3 is 10.6 Å². The Bertz CT molecular complexity index is 195. The summed E-state index contributed by atoms with van der Waals surface area (Å²) in [7, 11) is 0. The molecule has 0 radical (unpaired) electrons. The lowest BCUT2D eigenvalue weighted by Crippen LogP contribution is -2.42. The second-order valence-corrected chi connectivity index (χ2v) is 3.26. The van der Waals surface area contributed by atoms with Crippen LogP contribution in [0.2, 0.25) is 0 Å². The number of hydrogen-bond donors (Lipinski definition) is 2. The molecule has 0 aromatic heterocycles. The molecule has 1 unspecified atom stereocenters. The summed E-state index contributed by atoms with van der Waals surface area (Å²) in [6.45, 7) is 4.67. The molecule has 0 aromatic carbocycles. The van der Waals surface area contributed by atoms with E-state index in [-0.39, 0.29) is 11.9 Å². The van der Waals surface area contributed by atoms with E-state index in [4.69, 9.17) is 23.2 Å². The average molecular weight is 225 g/mol. The Balaban J connectivity index is 3.73. The monoisotopic (exact) mass is 224 g/mol. The minimum atomic E-state index is -0.259. The number of likely N-dealkylation sites (N-methyl/N-ethyl adjacent to an activating group) is 1. The number of carbonyl (C=O) groups excluding carboxylic acids is 1. The van der Waals surface area contributed by atoms with E-state index in [1.54, 1.807) is 6.92 Å². The smallest absolute Gasteiger partial charge is 0.236 e. The maximum Gasteiger partial charge on any atom is 0.236 e. The highest BCUT2D eigenvalue weighted by atomic mass is 35.5. The maximum absolute atomic E-state index is 11.2. The quantitative estimate of drug-likeness (QED) is 0.742. The van der Waals surface area contributed by atoms with Gasteiger partial charge in [-0.3, -0.25) is 4.79 Å². The van der Waals surface area contributed by atoms with Crippen molar-refractivity contribution in [2.24, 2.45) is 0 Å². The lowest BCUT2D eigenvalue weighted by molar-refractivity contribution is -0.122. The normalized spacial score (nSPS) is 14.0. The number of halogens is 2. The number of nitrogens with one attached hydrogen (secondary N) is 2. The second kappa shape index (κ2) is 7.18. The Morgan fingerprint density at radius 2 is 2.23 bits per heavy atom. The molecular weight excluding hydrogens is 211 g/mol. The predicted molar refractivity (Wildman–Crippen MR) is 55.9 cm³/mol. The lowest BCUT2D eigenvalue weighted by Gasteiger charge is -2.12. The van der Waals surface area contributed by atoms with E-state index in [9.17, 15) is 4.79 Å². The third-order valence-corrected chi connectivity index (χ3v) is 2.06. The van der Waals surface area contributed by atoms with Crippen molar-refractivity contribution in [2.75, 3.05) is 13.1 Å². The van der Waals surface area contributed by atoms with Gasteiger partial charge in [-0.1, -0.05) is 23.2 Å². The lowest BCUT2D eigenvalue weighted by atomic mass is 10.3. The molecule has 0 saturated carbocycles. The maximum atomic E-state index is 11.2. The summed E-state index contributed by atoms with van der Waals surface area (Å²) >= 11 is 11.0. The zero-order chi connectivity index (χ0) is 10.3. The molecule has 1 amide bonds. The summed E-state index contributed by atoms with van der Waals surface area (Å²) in [5.74, 6) is -0.0402. The number of hydrogen-bond acceptors (Lipinski definition) is 2.